The van der Waals surface area contributed by atoms with E-state index in [9.17, 15) is 18.0 Å². The molecular formula is C19H18F3N5O. The van der Waals surface area contributed by atoms with Crippen molar-refractivity contribution in [2.24, 2.45) is 4.99 Å². The van der Waals surface area contributed by atoms with Crippen LogP contribution in [0.1, 0.15) is 41.1 Å². The van der Waals surface area contributed by atoms with Crippen LogP contribution in [0.4, 0.5) is 19.0 Å². The smallest absolute Gasteiger partial charge is 0.310 e. The average Bonchev–Trinajstić information content (AvgIpc) is 3.32. The van der Waals surface area contributed by atoms with Crippen molar-refractivity contribution in [1.29, 1.82) is 0 Å². The molecule has 0 unspecified atom stereocenters. The van der Waals surface area contributed by atoms with E-state index in [1.807, 2.05) is 0 Å². The van der Waals surface area contributed by atoms with Crippen LogP contribution in [0, 0.1) is 0 Å². The highest BCUT2D eigenvalue weighted by molar-refractivity contribution is 6.18. The number of guanidine groups is 1. The summed E-state index contributed by atoms with van der Waals surface area (Å²) in [6.07, 6.45) is -2.01. The number of anilines is 1. The Labute approximate surface area is 159 Å². The second kappa shape index (κ2) is 5.83. The Kier molecular flexibility index (Phi) is 3.59. The second-order valence-corrected chi connectivity index (χ2v) is 7.41. The summed E-state index contributed by atoms with van der Waals surface area (Å²) in [5, 5.41) is 0. The molecule has 0 saturated heterocycles. The van der Waals surface area contributed by atoms with Crippen LogP contribution in [0.5, 0.6) is 0 Å². The van der Waals surface area contributed by atoms with Crippen molar-refractivity contribution in [2.75, 3.05) is 11.9 Å². The minimum Gasteiger partial charge on any atom is -0.310 e. The lowest BCUT2D eigenvalue weighted by atomic mass is 10.1. The maximum absolute atomic E-state index is 13.8. The fourth-order valence-electron chi connectivity index (χ4n) is 4.44. The first-order chi connectivity index (χ1) is 13.4. The monoisotopic (exact) mass is 389 g/mol. The maximum Gasteiger partial charge on any atom is 0.449 e. The van der Waals surface area contributed by atoms with E-state index >= 15 is 0 Å². The molecule has 1 aromatic carbocycles. The first-order valence-electron chi connectivity index (χ1n) is 9.23. The van der Waals surface area contributed by atoms with Crippen molar-refractivity contribution in [2.45, 2.75) is 44.1 Å². The number of alkyl halides is 3. The van der Waals surface area contributed by atoms with Gasteiger partial charge in [0.15, 0.2) is 11.5 Å². The molecule has 3 aliphatic rings. The Morgan fingerprint density at radius 2 is 1.93 bits per heavy atom. The van der Waals surface area contributed by atoms with Crippen molar-refractivity contribution in [1.82, 2.24) is 14.5 Å². The minimum atomic E-state index is -4.67. The van der Waals surface area contributed by atoms with Gasteiger partial charge in [0, 0.05) is 13.6 Å². The predicted octanol–water partition coefficient (Wildman–Crippen LogP) is 3.13. The van der Waals surface area contributed by atoms with Gasteiger partial charge in [-0.25, -0.2) is 9.98 Å². The molecule has 0 bridgehead atoms. The number of imidazole rings is 1. The van der Waals surface area contributed by atoms with Crippen molar-refractivity contribution in [3.05, 3.63) is 47.4 Å². The number of aliphatic imine (C=N–C) groups is 1. The van der Waals surface area contributed by atoms with Gasteiger partial charge in [-0.1, -0.05) is 30.3 Å². The van der Waals surface area contributed by atoms with Crippen LogP contribution in [0.15, 0.2) is 35.3 Å². The van der Waals surface area contributed by atoms with E-state index in [1.54, 1.807) is 42.3 Å². The number of nitrogens with zero attached hydrogens (tertiary/aromatic N) is 5. The number of aromatic nitrogens is 2. The number of rotatable bonds is 2. The molecule has 28 heavy (non-hydrogen) atoms. The SMILES string of the molecule is CN1C(=O)c2c(nc(C(F)(F)F)n2Cc2ccccc2)N2C1=N[C@@H]1CCC[C@@H]12. The van der Waals surface area contributed by atoms with E-state index in [-0.39, 0.29) is 30.1 Å². The highest BCUT2D eigenvalue weighted by atomic mass is 19.4. The number of halogens is 3. The first kappa shape index (κ1) is 17.3. The van der Waals surface area contributed by atoms with Gasteiger partial charge < -0.3 is 4.57 Å². The van der Waals surface area contributed by atoms with Gasteiger partial charge in [-0.2, -0.15) is 13.2 Å². The molecule has 5 rings (SSSR count). The summed E-state index contributed by atoms with van der Waals surface area (Å²) in [6.45, 7) is -0.0774. The zero-order valence-corrected chi connectivity index (χ0v) is 15.1. The van der Waals surface area contributed by atoms with Gasteiger partial charge in [0.25, 0.3) is 5.91 Å². The molecule has 6 nitrogen and oxygen atoms in total. The van der Waals surface area contributed by atoms with Crippen LogP contribution in [-0.2, 0) is 12.7 Å². The lowest BCUT2D eigenvalue weighted by molar-refractivity contribution is -0.147. The summed E-state index contributed by atoms with van der Waals surface area (Å²) in [5.74, 6) is -1.07. The molecule has 2 atom stereocenters. The van der Waals surface area contributed by atoms with Crippen LogP contribution in [0.3, 0.4) is 0 Å². The van der Waals surface area contributed by atoms with E-state index in [2.05, 4.69) is 9.98 Å². The third-order valence-electron chi connectivity index (χ3n) is 5.69. The molecule has 1 aromatic heterocycles. The van der Waals surface area contributed by atoms with E-state index in [0.29, 0.717) is 11.5 Å². The third-order valence-corrected chi connectivity index (χ3v) is 5.69. The van der Waals surface area contributed by atoms with Gasteiger partial charge in [-0.3, -0.25) is 14.6 Å². The van der Waals surface area contributed by atoms with Gasteiger partial charge in [0.1, 0.15) is 0 Å². The molecule has 0 N–H and O–H groups in total. The zero-order chi connectivity index (χ0) is 19.6. The Bertz CT molecular complexity index is 981. The minimum absolute atomic E-state index is 0.00445. The summed E-state index contributed by atoms with van der Waals surface area (Å²) in [7, 11) is 1.56. The molecule has 1 saturated carbocycles. The average molecular weight is 389 g/mol. The zero-order valence-electron chi connectivity index (χ0n) is 15.1. The van der Waals surface area contributed by atoms with E-state index in [0.717, 1.165) is 23.8 Å². The van der Waals surface area contributed by atoms with Crippen LogP contribution in [-0.4, -0.2) is 45.4 Å². The standard InChI is InChI=1S/C19H18F3N5O/c1-25-16(28)14-15(27-13-9-5-8-12(13)23-18(25)27)24-17(19(20,21)22)26(14)10-11-6-3-2-4-7-11/h2-4,6-7,12-13H,5,8-10H2,1H3/t12-,13+/m1/s1. The van der Waals surface area contributed by atoms with Crippen molar-refractivity contribution >= 4 is 17.7 Å². The summed E-state index contributed by atoms with van der Waals surface area (Å²) in [5.41, 5.74) is 0.647. The van der Waals surface area contributed by atoms with Gasteiger partial charge in [0.2, 0.25) is 11.8 Å². The number of fused-ring (bicyclic) bond motifs is 5. The molecule has 146 valence electrons. The number of hydrogen-bond acceptors (Lipinski definition) is 4. The maximum atomic E-state index is 13.8. The lowest BCUT2D eigenvalue weighted by Gasteiger charge is -2.34. The Morgan fingerprint density at radius 3 is 2.64 bits per heavy atom. The largest absolute Gasteiger partial charge is 0.449 e. The summed E-state index contributed by atoms with van der Waals surface area (Å²) in [4.78, 5) is 24.7. The van der Waals surface area contributed by atoms with Crippen LogP contribution in [0.25, 0.3) is 0 Å². The highest BCUT2D eigenvalue weighted by Gasteiger charge is 2.51. The number of amides is 1. The third kappa shape index (κ3) is 2.38. The number of hydrogen-bond donors (Lipinski definition) is 0. The molecule has 1 aliphatic carbocycles. The van der Waals surface area contributed by atoms with Gasteiger partial charge >= 0.3 is 6.18 Å². The van der Waals surface area contributed by atoms with Gasteiger partial charge in [-0.15, -0.1) is 0 Å². The molecule has 2 aliphatic heterocycles. The molecule has 1 amide bonds. The number of carbonyl (C=O) groups is 1. The first-order valence-corrected chi connectivity index (χ1v) is 9.23. The fraction of sp³-hybridized carbons (Fsp3) is 0.421. The fourth-order valence-corrected chi connectivity index (χ4v) is 4.44. The van der Waals surface area contributed by atoms with Crippen LogP contribution in [0.2, 0.25) is 0 Å². The quantitative estimate of drug-likeness (QED) is 0.793. The molecule has 1 fully saturated rings. The highest BCUT2D eigenvalue weighted by Crippen LogP contribution is 2.42. The van der Waals surface area contributed by atoms with Crippen molar-refractivity contribution < 1.29 is 18.0 Å². The number of carbonyl (C=O) groups excluding carboxylic acids is 1. The molecule has 0 spiro atoms. The topological polar surface area (TPSA) is 53.7 Å². The normalized spacial score (nSPS) is 23.6. The predicted molar refractivity (Wildman–Crippen MR) is 96.2 cm³/mol. The molecule has 9 heteroatoms. The number of benzene rings is 1. The van der Waals surface area contributed by atoms with Crippen molar-refractivity contribution in [3.63, 3.8) is 0 Å². The Morgan fingerprint density at radius 1 is 1.18 bits per heavy atom. The van der Waals surface area contributed by atoms with Crippen molar-refractivity contribution in [3.8, 4) is 0 Å². The Balaban J connectivity index is 1.70. The lowest BCUT2D eigenvalue weighted by Crippen LogP contribution is -2.51. The van der Waals surface area contributed by atoms with Crippen LogP contribution >= 0.6 is 0 Å². The summed E-state index contributed by atoms with van der Waals surface area (Å²) >= 11 is 0. The van der Waals surface area contributed by atoms with Gasteiger partial charge in [-0.05, 0) is 24.8 Å². The van der Waals surface area contributed by atoms with Gasteiger partial charge in [0.05, 0.1) is 12.1 Å². The van der Waals surface area contributed by atoms with E-state index < -0.39 is 17.9 Å². The van der Waals surface area contributed by atoms with E-state index in [4.69, 9.17) is 0 Å². The van der Waals surface area contributed by atoms with E-state index in [1.165, 1.54) is 4.90 Å². The second-order valence-electron chi connectivity index (χ2n) is 7.41. The Hall–Kier alpha value is -2.84. The summed E-state index contributed by atoms with van der Waals surface area (Å²) in [6, 6.07) is 8.75. The molecule has 0 radical (unpaired) electrons. The summed E-state index contributed by atoms with van der Waals surface area (Å²) < 4.78 is 42.5. The van der Waals surface area contributed by atoms with Crippen LogP contribution < -0.4 is 4.90 Å². The molecule has 3 heterocycles. The molecule has 2 aromatic rings. The molecular weight excluding hydrogens is 371 g/mol.